The Hall–Kier alpha value is -0.0800. The van der Waals surface area contributed by atoms with Crippen molar-refractivity contribution in [3.05, 3.63) is 0 Å². The third-order valence-corrected chi connectivity index (χ3v) is 2.65. The van der Waals surface area contributed by atoms with Crippen molar-refractivity contribution in [3.63, 3.8) is 0 Å². The SMILES string of the molecule is COC1(C)CCC(C(C)(C)C)O1. The minimum atomic E-state index is -0.335. The van der Waals surface area contributed by atoms with Crippen molar-refractivity contribution >= 4 is 0 Å². The second-order valence-electron chi connectivity index (χ2n) is 4.85. The Kier molecular flexibility index (Phi) is 2.50. The molecule has 1 aliphatic rings. The van der Waals surface area contributed by atoms with Crippen LogP contribution in [-0.2, 0) is 9.47 Å². The first-order chi connectivity index (χ1) is 5.37. The van der Waals surface area contributed by atoms with Crippen molar-refractivity contribution in [2.24, 2.45) is 5.41 Å². The van der Waals surface area contributed by atoms with Gasteiger partial charge in [0.15, 0.2) is 5.79 Å². The fourth-order valence-corrected chi connectivity index (χ4v) is 1.57. The maximum absolute atomic E-state index is 5.84. The van der Waals surface area contributed by atoms with E-state index in [2.05, 4.69) is 20.8 Å². The van der Waals surface area contributed by atoms with Crippen LogP contribution in [0.1, 0.15) is 40.5 Å². The average molecular weight is 172 g/mol. The number of rotatable bonds is 1. The van der Waals surface area contributed by atoms with Gasteiger partial charge in [-0.25, -0.2) is 0 Å². The molecule has 0 aliphatic carbocycles. The molecule has 0 bridgehead atoms. The van der Waals surface area contributed by atoms with Gasteiger partial charge in [0, 0.05) is 13.5 Å². The van der Waals surface area contributed by atoms with Gasteiger partial charge in [0.2, 0.25) is 0 Å². The van der Waals surface area contributed by atoms with Gasteiger partial charge in [0.05, 0.1) is 6.10 Å². The first kappa shape index (κ1) is 10.0. The molecule has 1 saturated heterocycles. The first-order valence-electron chi connectivity index (χ1n) is 4.60. The Labute approximate surface area is 75.2 Å². The van der Waals surface area contributed by atoms with E-state index in [0.717, 1.165) is 12.8 Å². The monoisotopic (exact) mass is 172 g/mol. The van der Waals surface area contributed by atoms with Crippen LogP contribution >= 0.6 is 0 Å². The summed E-state index contributed by atoms with van der Waals surface area (Å²) in [5, 5.41) is 0. The highest BCUT2D eigenvalue weighted by atomic mass is 16.7. The van der Waals surface area contributed by atoms with Gasteiger partial charge in [0.25, 0.3) is 0 Å². The fraction of sp³-hybridized carbons (Fsp3) is 1.00. The molecule has 2 atom stereocenters. The maximum Gasteiger partial charge on any atom is 0.165 e. The van der Waals surface area contributed by atoms with Crippen molar-refractivity contribution in [3.8, 4) is 0 Å². The molecule has 0 N–H and O–H groups in total. The highest BCUT2D eigenvalue weighted by molar-refractivity contribution is 4.84. The van der Waals surface area contributed by atoms with Crippen LogP contribution < -0.4 is 0 Å². The van der Waals surface area contributed by atoms with E-state index < -0.39 is 0 Å². The predicted molar refractivity (Wildman–Crippen MR) is 49.0 cm³/mol. The Morgan fingerprint density at radius 3 is 2.25 bits per heavy atom. The van der Waals surface area contributed by atoms with E-state index in [1.165, 1.54) is 0 Å². The number of hydrogen-bond acceptors (Lipinski definition) is 2. The highest BCUT2D eigenvalue weighted by Gasteiger charge is 2.41. The molecule has 0 aromatic rings. The van der Waals surface area contributed by atoms with Crippen molar-refractivity contribution in [1.29, 1.82) is 0 Å². The molecule has 1 heterocycles. The lowest BCUT2D eigenvalue weighted by atomic mass is 9.87. The summed E-state index contributed by atoms with van der Waals surface area (Å²) in [5.41, 5.74) is 0.232. The number of ether oxygens (including phenoxy) is 2. The smallest absolute Gasteiger partial charge is 0.165 e. The minimum Gasteiger partial charge on any atom is -0.353 e. The molecule has 0 aromatic carbocycles. The van der Waals surface area contributed by atoms with E-state index in [4.69, 9.17) is 9.47 Å². The normalized spacial score (nSPS) is 37.2. The quantitative estimate of drug-likeness (QED) is 0.605. The molecule has 72 valence electrons. The summed E-state index contributed by atoms with van der Waals surface area (Å²) in [7, 11) is 1.71. The van der Waals surface area contributed by atoms with E-state index in [1.807, 2.05) is 6.92 Å². The van der Waals surface area contributed by atoms with Crippen LogP contribution in [0.3, 0.4) is 0 Å². The second kappa shape index (κ2) is 3.00. The van der Waals surface area contributed by atoms with Gasteiger partial charge >= 0.3 is 0 Å². The molecule has 0 amide bonds. The summed E-state index contributed by atoms with van der Waals surface area (Å²) in [6, 6.07) is 0. The molecule has 0 spiro atoms. The molecule has 0 radical (unpaired) electrons. The van der Waals surface area contributed by atoms with Gasteiger partial charge in [-0.3, -0.25) is 0 Å². The molecule has 2 unspecified atom stereocenters. The van der Waals surface area contributed by atoms with Crippen LogP contribution in [0.4, 0.5) is 0 Å². The Bertz CT molecular complexity index is 160. The van der Waals surface area contributed by atoms with Gasteiger partial charge in [-0.1, -0.05) is 20.8 Å². The average Bonchev–Trinajstić information content (AvgIpc) is 2.32. The summed E-state index contributed by atoms with van der Waals surface area (Å²) in [6.45, 7) is 8.63. The number of methoxy groups -OCH3 is 1. The molecule has 0 saturated carbocycles. The van der Waals surface area contributed by atoms with E-state index in [0.29, 0.717) is 6.10 Å². The van der Waals surface area contributed by atoms with Crippen molar-refractivity contribution in [2.75, 3.05) is 7.11 Å². The molecular formula is C10H20O2. The molecule has 1 fully saturated rings. The highest BCUT2D eigenvalue weighted by Crippen LogP contribution is 2.38. The maximum atomic E-state index is 5.84. The second-order valence-corrected chi connectivity index (χ2v) is 4.85. The van der Waals surface area contributed by atoms with Crippen LogP contribution in [0.15, 0.2) is 0 Å². The minimum absolute atomic E-state index is 0.232. The molecule has 2 heteroatoms. The largest absolute Gasteiger partial charge is 0.353 e. The fourth-order valence-electron chi connectivity index (χ4n) is 1.57. The topological polar surface area (TPSA) is 18.5 Å². The summed E-state index contributed by atoms with van der Waals surface area (Å²) < 4.78 is 11.1. The Balaban J connectivity index is 2.57. The van der Waals surface area contributed by atoms with Crippen LogP contribution in [0, 0.1) is 5.41 Å². The summed E-state index contributed by atoms with van der Waals surface area (Å²) >= 11 is 0. The van der Waals surface area contributed by atoms with Gasteiger partial charge in [-0.15, -0.1) is 0 Å². The zero-order valence-corrected chi connectivity index (χ0v) is 8.81. The third kappa shape index (κ3) is 1.99. The van der Waals surface area contributed by atoms with Crippen molar-refractivity contribution in [2.45, 2.75) is 52.4 Å². The van der Waals surface area contributed by atoms with Gasteiger partial charge in [-0.2, -0.15) is 0 Å². The Morgan fingerprint density at radius 2 is 2.00 bits per heavy atom. The van der Waals surface area contributed by atoms with E-state index in [1.54, 1.807) is 7.11 Å². The zero-order chi connectivity index (χ0) is 9.41. The Morgan fingerprint density at radius 1 is 1.42 bits per heavy atom. The van der Waals surface area contributed by atoms with Crippen molar-refractivity contribution in [1.82, 2.24) is 0 Å². The van der Waals surface area contributed by atoms with Crippen LogP contribution in [0.5, 0.6) is 0 Å². The molecular weight excluding hydrogens is 152 g/mol. The van der Waals surface area contributed by atoms with Gasteiger partial charge in [0.1, 0.15) is 0 Å². The third-order valence-electron chi connectivity index (χ3n) is 2.65. The zero-order valence-electron chi connectivity index (χ0n) is 8.81. The van der Waals surface area contributed by atoms with E-state index in [9.17, 15) is 0 Å². The molecule has 12 heavy (non-hydrogen) atoms. The van der Waals surface area contributed by atoms with Crippen LogP contribution in [0.2, 0.25) is 0 Å². The van der Waals surface area contributed by atoms with Crippen LogP contribution in [0.25, 0.3) is 0 Å². The van der Waals surface area contributed by atoms with Gasteiger partial charge in [-0.05, 0) is 18.8 Å². The summed E-state index contributed by atoms with van der Waals surface area (Å²) in [5.74, 6) is -0.335. The lowest BCUT2D eigenvalue weighted by Gasteiger charge is -2.29. The lowest BCUT2D eigenvalue weighted by Crippen LogP contribution is -2.32. The van der Waals surface area contributed by atoms with Crippen molar-refractivity contribution < 1.29 is 9.47 Å². The molecule has 1 aliphatic heterocycles. The molecule has 1 rings (SSSR count). The predicted octanol–water partition coefficient (Wildman–Crippen LogP) is 2.57. The van der Waals surface area contributed by atoms with Crippen LogP contribution in [-0.4, -0.2) is 19.0 Å². The lowest BCUT2D eigenvalue weighted by molar-refractivity contribution is -0.213. The molecule has 2 nitrogen and oxygen atoms in total. The number of hydrogen-bond donors (Lipinski definition) is 0. The molecule has 0 aromatic heterocycles. The standard InChI is InChI=1S/C10H20O2/c1-9(2,3)8-6-7-10(4,11-5)12-8/h8H,6-7H2,1-5H3. The first-order valence-corrected chi connectivity index (χ1v) is 4.60. The summed E-state index contributed by atoms with van der Waals surface area (Å²) in [6.07, 6.45) is 2.45. The summed E-state index contributed by atoms with van der Waals surface area (Å²) in [4.78, 5) is 0. The van der Waals surface area contributed by atoms with Gasteiger partial charge < -0.3 is 9.47 Å². The van der Waals surface area contributed by atoms with E-state index >= 15 is 0 Å². The van der Waals surface area contributed by atoms with E-state index in [-0.39, 0.29) is 11.2 Å².